The maximum atomic E-state index is 12.6. The number of benzene rings is 3. The minimum atomic E-state index is -0.543. The van der Waals surface area contributed by atoms with Gasteiger partial charge in [0.1, 0.15) is 11.5 Å². The van der Waals surface area contributed by atoms with Crippen molar-refractivity contribution in [2.75, 3.05) is 27.4 Å². The highest BCUT2D eigenvalue weighted by Gasteiger charge is 2.13. The number of amides is 2. The van der Waals surface area contributed by atoms with Gasteiger partial charge >= 0.3 is 5.97 Å². The van der Waals surface area contributed by atoms with Crippen molar-refractivity contribution in [3.63, 3.8) is 0 Å². The van der Waals surface area contributed by atoms with Gasteiger partial charge in [0, 0.05) is 5.56 Å². The van der Waals surface area contributed by atoms with E-state index in [9.17, 15) is 14.4 Å². The van der Waals surface area contributed by atoms with Crippen LogP contribution < -0.4 is 29.7 Å². The molecule has 0 spiro atoms. The summed E-state index contributed by atoms with van der Waals surface area (Å²) >= 11 is 0. The molecule has 0 aliphatic rings. The second-order valence-corrected chi connectivity index (χ2v) is 8.23. The monoisotopic (exact) mass is 533 g/mol. The Morgan fingerprint density at radius 2 is 1.54 bits per heavy atom. The second-order valence-electron chi connectivity index (χ2n) is 8.23. The van der Waals surface area contributed by atoms with E-state index in [-0.39, 0.29) is 12.3 Å². The van der Waals surface area contributed by atoms with Gasteiger partial charge in [0.05, 0.1) is 39.1 Å². The Labute approximate surface area is 226 Å². The zero-order chi connectivity index (χ0) is 28.0. The van der Waals surface area contributed by atoms with E-state index in [0.717, 1.165) is 12.8 Å². The molecule has 0 fully saturated rings. The predicted molar refractivity (Wildman–Crippen MR) is 146 cm³/mol. The molecular weight excluding hydrogens is 502 g/mol. The van der Waals surface area contributed by atoms with Gasteiger partial charge in [-0.05, 0) is 78.7 Å². The molecule has 0 saturated carbocycles. The molecule has 2 amide bonds. The van der Waals surface area contributed by atoms with Gasteiger partial charge in [-0.3, -0.25) is 9.59 Å². The third-order valence-electron chi connectivity index (χ3n) is 5.41. The van der Waals surface area contributed by atoms with Crippen LogP contribution in [0.1, 0.15) is 46.0 Å². The smallest absolute Gasteiger partial charge is 0.343 e. The van der Waals surface area contributed by atoms with Crippen LogP contribution in [0.25, 0.3) is 0 Å². The average Bonchev–Trinajstić information content (AvgIpc) is 2.97. The van der Waals surface area contributed by atoms with E-state index in [1.165, 1.54) is 20.4 Å². The fourth-order valence-corrected chi connectivity index (χ4v) is 3.25. The maximum absolute atomic E-state index is 12.6. The van der Waals surface area contributed by atoms with Crippen molar-refractivity contribution in [3.05, 3.63) is 83.4 Å². The number of unbranched alkanes of at least 4 members (excludes halogenated alkanes) is 1. The van der Waals surface area contributed by atoms with Crippen molar-refractivity contribution >= 4 is 24.0 Å². The van der Waals surface area contributed by atoms with Crippen molar-refractivity contribution in [1.82, 2.24) is 10.7 Å². The van der Waals surface area contributed by atoms with Crippen LogP contribution in [0.5, 0.6) is 23.0 Å². The van der Waals surface area contributed by atoms with E-state index in [2.05, 4.69) is 22.8 Å². The van der Waals surface area contributed by atoms with Crippen molar-refractivity contribution < 1.29 is 33.3 Å². The summed E-state index contributed by atoms with van der Waals surface area (Å²) in [6, 6.07) is 18.0. The molecule has 0 saturated heterocycles. The molecule has 204 valence electrons. The molecule has 0 atom stereocenters. The highest BCUT2D eigenvalue weighted by molar-refractivity contribution is 5.96. The number of carbonyl (C=O) groups is 3. The number of hydrogen-bond acceptors (Lipinski definition) is 8. The van der Waals surface area contributed by atoms with Crippen molar-refractivity contribution in [3.8, 4) is 23.0 Å². The van der Waals surface area contributed by atoms with Crippen LogP contribution in [0.3, 0.4) is 0 Å². The molecule has 3 aromatic rings. The highest BCUT2D eigenvalue weighted by atomic mass is 16.6. The topological polar surface area (TPSA) is 125 Å². The molecule has 0 bridgehead atoms. The Kier molecular flexibility index (Phi) is 10.9. The van der Waals surface area contributed by atoms with Crippen LogP contribution in [-0.2, 0) is 4.79 Å². The third-order valence-corrected chi connectivity index (χ3v) is 5.41. The van der Waals surface area contributed by atoms with E-state index in [1.54, 1.807) is 66.7 Å². The van der Waals surface area contributed by atoms with Gasteiger partial charge in [-0.1, -0.05) is 13.3 Å². The first-order valence-electron chi connectivity index (χ1n) is 12.3. The van der Waals surface area contributed by atoms with Gasteiger partial charge in [-0.15, -0.1) is 0 Å². The molecule has 0 radical (unpaired) electrons. The lowest BCUT2D eigenvalue weighted by Gasteiger charge is -2.10. The fourth-order valence-electron chi connectivity index (χ4n) is 3.25. The zero-order valence-electron chi connectivity index (χ0n) is 22.1. The van der Waals surface area contributed by atoms with Gasteiger partial charge < -0.3 is 24.3 Å². The maximum Gasteiger partial charge on any atom is 0.343 e. The quantitative estimate of drug-likeness (QED) is 0.112. The third kappa shape index (κ3) is 8.89. The lowest BCUT2D eigenvalue weighted by molar-refractivity contribution is -0.120. The summed E-state index contributed by atoms with van der Waals surface area (Å²) in [7, 11) is 2.98. The van der Waals surface area contributed by atoms with E-state index in [0.29, 0.717) is 40.5 Å². The second kappa shape index (κ2) is 14.8. The first kappa shape index (κ1) is 28.7. The Balaban J connectivity index is 1.50. The molecule has 2 N–H and O–H groups in total. The average molecular weight is 534 g/mol. The number of nitrogens with zero attached hydrogens (tertiary/aromatic N) is 1. The first-order chi connectivity index (χ1) is 18.9. The van der Waals surface area contributed by atoms with E-state index >= 15 is 0 Å². The van der Waals surface area contributed by atoms with E-state index < -0.39 is 17.8 Å². The van der Waals surface area contributed by atoms with E-state index in [4.69, 9.17) is 18.9 Å². The van der Waals surface area contributed by atoms with Crippen LogP contribution in [0.4, 0.5) is 0 Å². The molecule has 0 unspecified atom stereocenters. The Hall–Kier alpha value is -4.86. The zero-order valence-corrected chi connectivity index (χ0v) is 22.1. The first-order valence-corrected chi connectivity index (χ1v) is 12.3. The van der Waals surface area contributed by atoms with E-state index in [1.807, 2.05) is 0 Å². The van der Waals surface area contributed by atoms with Crippen molar-refractivity contribution in [2.24, 2.45) is 5.10 Å². The number of rotatable bonds is 13. The largest absolute Gasteiger partial charge is 0.497 e. The SMILES string of the molecule is CCCCOc1ccc(C(=O)Oc2ccc(/C=N/NC(=O)CNC(=O)c3ccc(OC)cc3)cc2OC)cc1. The summed E-state index contributed by atoms with van der Waals surface area (Å²) in [6.07, 6.45) is 3.39. The molecule has 0 heterocycles. The summed E-state index contributed by atoms with van der Waals surface area (Å²) in [6.45, 7) is 2.45. The Morgan fingerprint density at radius 1 is 0.846 bits per heavy atom. The highest BCUT2D eigenvalue weighted by Crippen LogP contribution is 2.28. The molecule has 3 rings (SSSR count). The standard InChI is InChI=1S/C29H31N3O7/c1-4-5-16-38-24-13-9-22(10-14-24)29(35)39-25-15-6-20(17-26(25)37-3)18-31-32-27(33)19-30-28(34)21-7-11-23(36-2)12-8-21/h6-15,17-18H,4-5,16,19H2,1-3H3,(H,30,34)(H,32,33)/b31-18+. The number of hydrazone groups is 1. The van der Waals surface area contributed by atoms with Crippen LogP contribution in [-0.4, -0.2) is 51.4 Å². The molecule has 10 heteroatoms. The fraction of sp³-hybridized carbons (Fsp3) is 0.241. The van der Waals surface area contributed by atoms with Crippen LogP contribution in [0.15, 0.2) is 71.8 Å². The summed E-state index contributed by atoms with van der Waals surface area (Å²) in [5, 5.41) is 6.41. The normalized spacial score (nSPS) is 10.5. The Morgan fingerprint density at radius 3 is 2.21 bits per heavy atom. The van der Waals surface area contributed by atoms with Crippen molar-refractivity contribution in [2.45, 2.75) is 19.8 Å². The minimum absolute atomic E-state index is 0.230. The molecular formula is C29H31N3O7. The summed E-state index contributed by atoms with van der Waals surface area (Å²) in [5.41, 5.74) is 3.69. The summed E-state index contributed by atoms with van der Waals surface area (Å²) in [4.78, 5) is 36.8. The lowest BCUT2D eigenvalue weighted by atomic mass is 10.2. The van der Waals surface area contributed by atoms with Crippen LogP contribution >= 0.6 is 0 Å². The summed E-state index contributed by atoms with van der Waals surface area (Å²) < 4.78 is 21.5. The van der Waals surface area contributed by atoms with Gasteiger partial charge in [0.25, 0.3) is 11.8 Å². The molecule has 3 aromatic carbocycles. The van der Waals surface area contributed by atoms with Gasteiger partial charge in [0.2, 0.25) is 0 Å². The van der Waals surface area contributed by atoms with Gasteiger partial charge in [-0.2, -0.15) is 5.10 Å². The molecule has 39 heavy (non-hydrogen) atoms. The number of ether oxygens (including phenoxy) is 4. The number of nitrogens with one attached hydrogen (secondary N) is 2. The predicted octanol–water partition coefficient (Wildman–Crippen LogP) is 3.98. The number of carbonyl (C=O) groups excluding carboxylic acids is 3. The molecule has 10 nitrogen and oxygen atoms in total. The van der Waals surface area contributed by atoms with Crippen molar-refractivity contribution in [1.29, 1.82) is 0 Å². The minimum Gasteiger partial charge on any atom is -0.497 e. The van der Waals surface area contributed by atoms with Crippen LogP contribution in [0, 0.1) is 0 Å². The number of hydrogen-bond donors (Lipinski definition) is 2. The lowest BCUT2D eigenvalue weighted by Crippen LogP contribution is -2.34. The Bertz CT molecular complexity index is 1290. The van der Waals surface area contributed by atoms with Crippen LogP contribution in [0.2, 0.25) is 0 Å². The number of esters is 1. The number of methoxy groups -OCH3 is 2. The van der Waals surface area contributed by atoms with Gasteiger partial charge in [0.15, 0.2) is 11.5 Å². The molecule has 0 aliphatic heterocycles. The van der Waals surface area contributed by atoms with Gasteiger partial charge in [-0.25, -0.2) is 10.2 Å². The molecule has 0 aliphatic carbocycles. The summed E-state index contributed by atoms with van der Waals surface area (Å²) in [5.74, 6) is 0.403. The molecule has 0 aromatic heterocycles.